The Kier molecular flexibility index (Phi) is 4.25. The van der Waals surface area contributed by atoms with Crippen LogP contribution in [0, 0.1) is 0 Å². The van der Waals surface area contributed by atoms with Gasteiger partial charge < -0.3 is 14.8 Å². The van der Waals surface area contributed by atoms with Gasteiger partial charge in [-0.25, -0.2) is 8.42 Å². The Morgan fingerprint density at radius 1 is 1.18 bits per heavy atom. The average Bonchev–Trinajstić information content (AvgIpc) is 2.88. The van der Waals surface area contributed by atoms with Gasteiger partial charge in [0.2, 0.25) is 0 Å². The molecule has 6 heteroatoms. The van der Waals surface area contributed by atoms with Gasteiger partial charge in [0.05, 0.1) is 4.90 Å². The van der Waals surface area contributed by atoms with Crippen LogP contribution in [0.4, 0.5) is 0 Å². The number of hydrogen-bond donors (Lipinski definition) is 1. The molecule has 120 valence electrons. The fourth-order valence-corrected chi connectivity index (χ4v) is 3.60. The van der Waals surface area contributed by atoms with E-state index in [-0.39, 0.29) is 0 Å². The van der Waals surface area contributed by atoms with E-state index in [0.717, 1.165) is 50.0 Å². The summed E-state index contributed by atoms with van der Waals surface area (Å²) in [6.45, 7) is 5.56. The van der Waals surface area contributed by atoms with E-state index in [1.807, 2.05) is 12.3 Å². The van der Waals surface area contributed by atoms with E-state index in [9.17, 15) is 8.42 Å². The third kappa shape index (κ3) is 3.34. The normalized spacial score (nSPS) is 18.1. The smallest absolute Gasteiger partial charge is 0.175 e. The molecule has 2 heterocycles. The van der Waals surface area contributed by atoms with Gasteiger partial charge in [0.1, 0.15) is 0 Å². The fourth-order valence-electron chi connectivity index (χ4n) is 2.95. The molecule has 5 nitrogen and oxygen atoms in total. The molecule has 22 heavy (non-hydrogen) atoms. The zero-order valence-electron chi connectivity index (χ0n) is 13.2. The molecule has 0 unspecified atom stereocenters. The fraction of sp³-hybridized carbons (Fsp3) is 0.500. The van der Waals surface area contributed by atoms with E-state index in [0.29, 0.717) is 4.90 Å². The Hall–Kier alpha value is -1.37. The van der Waals surface area contributed by atoms with Crippen molar-refractivity contribution in [3.05, 3.63) is 30.0 Å². The summed E-state index contributed by atoms with van der Waals surface area (Å²) in [4.78, 5) is 8.42. The second-order valence-electron chi connectivity index (χ2n) is 6.19. The number of likely N-dealkylation sites (N-methyl/N-ethyl adjacent to an activating group) is 1. The molecule has 0 aliphatic carbocycles. The van der Waals surface area contributed by atoms with Gasteiger partial charge in [-0.15, -0.1) is 0 Å². The van der Waals surface area contributed by atoms with E-state index >= 15 is 0 Å². The Balaban J connectivity index is 1.72. The zero-order valence-corrected chi connectivity index (χ0v) is 14.0. The molecule has 3 rings (SSSR count). The molecule has 0 radical (unpaired) electrons. The summed E-state index contributed by atoms with van der Waals surface area (Å²) < 4.78 is 23.2. The van der Waals surface area contributed by atoms with E-state index in [1.54, 1.807) is 12.1 Å². The second kappa shape index (κ2) is 6.02. The maximum atomic E-state index is 11.6. The number of rotatable bonds is 4. The topological polar surface area (TPSA) is 56.4 Å². The predicted molar refractivity (Wildman–Crippen MR) is 89.0 cm³/mol. The monoisotopic (exact) mass is 321 g/mol. The quantitative estimate of drug-likeness (QED) is 0.924. The number of hydrogen-bond acceptors (Lipinski definition) is 4. The van der Waals surface area contributed by atoms with E-state index < -0.39 is 9.84 Å². The third-order valence-corrected chi connectivity index (χ3v) is 5.57. The van der Waals surface area contributed by atoms with Crippen molar-refractivity contribution in [3.8, 4) is 0 Å². The molecule has 1 aliphatic heterocycles. The lowest BCUT2D eigenvalue weighted by Crippen LogP contribution is -2.45. The second-order valence-corrected chi connectivity index (χ2v) is 8.20. The number of aromatic nitrogens is 1. The highest BCUT2D eigenvalue weighted by Crippen LogP contribution is 2.22. The maximum absolute atomic E-state index is 11.6. The van der Waals surface area contributed by atoms with Crippen molar-refractivity contribution in [2.45, 2.75) is 11.3 Å². The Bertz CT molecular complexity index is 759. The van der Waals surface area contributed by atoms with Crippen LogP contribution >= 0.6 is 0 Å². The summed E-state index contributed by atoms with van der Waals surface area (Å²) in [6, 6.07) is 5.34. The first-order valence-electron chi connectivity index (χ1n) is 7.64. The minimum atomic E-state index is -3.15. The van der Waals surface area contributed by atoms with Crippen LogP contribution in [0.3, 0.4) is 0 Å². The first-order valence-corrected chi connectivity index (χ1v) is 9.53. The summed E-state index contributed by atoms with van der Waals surface area (Å²) in [5.74, 6) is 0. The lowest BCUT2D eigenvalue weighted by atomic mass is 10.1. The maximum Gasteiger partial charge on any atom is 0.175 e. The third-order valence-electron chi connectivity index (χ3n) is 4.46. The lowest BCUT2D eigenvalue weighted by molar-refractivity contribution is 0.155. The molecule has 1 aromatic heterocycles. The molecule has 1 N–H and O–H groups in total. The number of fused-ring (bicyclic) bond motifs is 1. The van der Waals surface area contributed by atoms with E-state index in [1.165, 1.54) is 11.8 Å². The molecule has 1 aliphatic rings. The van der Waals surface area contributed by atoms with Crippen LogP contribution in [-0.4, -0.2) is 69.2 Å². The zero-order chi connectivity index (χ0) is 15.7. The SMILES string of the molecule is CN1CCN(CCc2c[nH]c3cc(S(C)(=O)=O)ccc23)CC1. The van der Waals surface area contributed by atoms with Crippen molar-refractivity contribution in [1.29, 1.82) is 0 Å². The van der Waals surface area contributed by atoms with E-state index in [2.05, 4.69) is 21.8 Å². The summed E-state index contributed by atoms with van der Waals surface area (Å²) in [6.07, 6.45) is 4.24. The molecule has 2 aromatic rings. The van der Waals surface area contributed by atoms with Gasteiger partial charge in [-0.05, 0) is 31.2 Å². The van der Waals surface area contributed by atoms with Crippen LogP contribution in [0.1, 0.15) is 5.56 Å². The number of piperazine rings is 1. The number of benzene rings is 1. The van der Waals surface area contributed by atoms with Crippen molar-refractivity contribution in [3.63, 3.8) is 0 Å². The van der Waals surface area contributed by atoms with Crippen LogP contribution in [0.25, 0.3) is 10.9 Å². The van der Waals surface area contributed by atoms with Crippen LogP contribution in [-0.2, 0) is 16.3 Å². The first-order chi connectivity index (χ1) is 10.4. The van der Waals surface area contributed by atoms with Crippen molar-refractivity contribution >= 4 is 20.7 Å². The van der Waals surface area contributed by atoms with Gasteiger partial charge in [0, 0.05) is 56.1 Å². The highest BCUT2D eigenvalue weighted by molar-refractivity contribution is 7.90. The number of aromatic amines is 1. The van der Waals surface area contributed by atoms with E-state index in [4.69, 9.17) is 0 Å². The Labute approximate surface area is 131 Å². The Morgan fingerprint density at radius 3 is 2.59 bits per heavy atom. The van der Waals surface area contributed by atoms with Crippen LogP contribution in [0.15, 0.2) is 29.3 Å². The number of nitrogens with zero attached hydrogens (tertiary/aromatic N) is 2. The molecule has 0 spiro atoms. The molecule has 0 atom stereocenters. The average molecular weight is 321 g/mol. The summed E-state index contributed by atoms with van der Waals surface area (Å²) >= 11 is 0. The lowest BCUT2D eigenvalue weighted by Gasteiger charge is -2.32. The number of H-pyrrole nitrogens is 1. The van der Waals surface area contributed by atoms with Gasteiger partial charge >= 0.3 is 0 Å². The Morgan fingerprint density at radius 2 is 1.91 bits per heavy atom. The molecule has 0 bridgehead atoms. The molecule has 1 saturated heterocycles. The predicted octanol–water partition coefficient (Wildman–Crippen LogP) is 1.36. The standard InChI is InChI=1S/C16H23N3O2S/c1-18-7-9-19(10-8-18)6-5-13-12-17-16-11-14(22(2,20)21)3-4-15(13)16/h3-4,11-12,17H,5-10H2,1-2H3. The van der Waals surface area contributed by atoms with Crippen molar-refractivity contribution in [2.24, 2.45) is 0 Å². The number of sulfone groups is 1. The molecule has 0 amide bonds. The van der Waals surface area contributed by atoms with Crippen molar-refractivity contribution in [2.75, 3.05) is 46.0 Å². The van der Waals surface area contributed by atoms with Crippen LogP contribution in [0.5, 0.6) is 0 Å². The van der Waals surface area contributed by atoms with Gasteiger partial charge in [-0.3, -0.25) is 0 Å². The van der Waals surface area contributed by atoms with Crippen molar-refractivity contribution < 1.29 is 8.42 Å². The molecule has 0 saturated carbocycles. The highest BCUT2D eigenvalue weighted by Gasteiger charge is 2.15. The van der Waals surface area contributed by atoms with Crippen LogP contribution in [0.2, 0.25) is 0 Å². The highest BCUT2D eigenvalue weighted by atomic mass is 32.2. The molecule has 1 fully saturated rings. The number of nitrogens with one attached hydrogen (secondary N) is 1. The molecular formula is C16H23N3O2S. The van der Waals surface area contributed by atoms with Crippen molar-refractivity contribution in [1.82, 2.24) is 14.8 Å². The minimum Gasteiger partial charge on any atom is -0.361 e. The molecular weight excluding hydrogens is 298 g/mol. The van der Waals surface area contributed by atoms with Gasteiger partial charge in [-0.2, -0.15) is 0 Å². The molecule has 1 aromatic carbocycles. The summed E-state index contributed by atoms with van der Waals surface area (Å²) in [5.41, 5.74) is 2.16. The van der Waals surface area contributed by atoms with Crippen LogP contribution < -0.4 is 0 Å². The van der Waals surface area contributed by atoms with Gasteiger partial charge in [0.25, 0.3) is 0 Å². The van der Waals surface area contributed by atoms with Gasteiger partial charge in [0.15, 0.2) is 9.84 Å². The summed E-state index contributed by atoms with van der Waals surface area (Å²) in [7, 11) is -0.989. The van der Waals surface area contributed by atoms with Gasteiger partial charge in [-0.1, -0.05) is 6.07 Å². The largest absolute Gasteiger partial charge is 0.361 e. The first kappa shape index (κ1) is 15.5. The summed E-state index contributed by atoms with van der Waals surface area (Å²) in [5, 5.41) is 1.13. The minimum absolute atomic E-state index is 0.368.